The maximum Gasteiger partial charge on any atom is 0.261 e. The molecule has 0 aromatic heterocycles. The Hall–Kier alpha value is -2.04. The number of carbonyl (C=O) groups excluding carboxylic acids is 2. The van der Waals surface area contributed by atoms with Gasteiger partial charge in [0.15, 0.2) is 6.61 Å². The van der Waals surface area contributed by atoms with E-state index in [-0.39, 0.29) is 18.4 Å². The van der Waals surface area contributed by atoms with Gasteiger partial charge in [0.2, 0.25) is 5.91 Å². The fourth-order valence-electron chi connectivity index (χ4n) is 2.31. The SMILES string of the molecule is Cc1ccc(OCC(=O)N2CCNC(=O)C2C)c(C)c1. The highest BCUT2D eigenvalue weighted by atomic mass is 16.5. The molecule has 1 atom stereocenters. The zero-order valence-electron chi connectivity index (χ0n) is 12.1. The van der Waals surface area contributed by atoms with Crippen LogP contribution in [0.25, 0.3) is 0 Å². The summed E-state index contributed by atoms with van der Waals surface area (Å²) >= 11 is 0. The molecular weight excluding hydrogens is 256 g/mol. The summed E-state index contributed by atoms with van der Waals surface area (Å²) in [6.45, 7) is 6.67. The van der Waals surface area contributed by atoms with Crippen LogP contribution in [0.3, 0.4) is 0 Å². The number of benzene rings is 1. The van der Waals surface area contributed by atoms with Gasteiger partial charge >= 0.3 is 0 Å². The molecule has 0 radical (unpaired) electrons. The van der Waals surface area contributed by atoms with Crippen molar-refractivity contribution in [1.29, 1.82) is 0 Å². The standard InChI is InChI=1S/C15H20N2O3/c1-10-4-5-13(11(2)8-10)20-9-14(18)17-7-6-16-15(19)12(17)3/h4-5,8,12H,6-7,9H2,1-3H3,(H,16,19). The minimum absolute atomic E-state index is 0.0402. The van der Waals surface area contributed by atoms with Gasteiger partial charge in [0.05, 0.1) is 0 Å². The molecule has 0 aliphatic carbocycles. The molecule has 1 N–H and O–H groups in total. The molecule has 5 nitrogen and oxygen atoms in total. The van der Waals surface area contributed by atoms with E-state index in [4.69, 9.17) is 4.74 Å². The van der Waals surface area contributed by atoms with E-state index in [2.05, 4.69) is 5.32 Å². The molecule has 1 saturated heterocycles. The third kappa shape index (κ3) is 3.10. The lowest BCUT2D eigenvalue weighted by Crippen LogP contribution is -2.56. The van der Waals surface area contributed by atoms with Crippen molar-refractivity contribution in [3.63, 3.8) is 0 Å². The maximum absolute atomic E-state index is 12.1. The zero-order valence-corrected chi connectivity index (χ0v) is 12.1. The van der Waals surface area contributed by atoms with Gasteiger partial charge in [-0.3, -0.25) is 9.59 Å². The number of nitrogens with zero attached hydrogens (tertiary/aromatic N) is 1. The Bertz CT molecular complexity index is 528. The Balaban J connectivity index is 1.96. The van der Waals surface area contributed by atoms with Crippen LogP contribution in [-0.4, -0.2) is 42.5 Å². The van der Waals surface area contributed by atoms with Crippen LogP contribution in [0.15, 0.2) is 18.2 Å². The van der Waals surface area contributed by atoms with E-state index in [0.717, 1.165) is 11.1 Å². The van der Waals surface area contributed by atoms with Gasteiger partial charge in [-0.2, -0.15) is 0 Å². The second-order valence-corrected chi connectivity index (χ2v) is 5.11. The van der Waals surface area contributed by atoms with E-state index in [0.29, 0.717) is 18.8 Å². The van der Waals surface area contributed by atoms with Crippen molar-refractivity contribution in [3.8, 4) is 5.75 Å². The van der Waals surface area contributed by atoms with Crippen molar-refractivity contribution < 1.29 is 14.3 Å². The molecule has 0 spiro atoms. The molecule has 1 unspecified atom stereocenters. The van der Waals surface area contributed by atoms with Crippen LogP contribution in [0.2, 0.25) is 0 Å². The summed E-state index contributed by atoms with van der Waals surface area (Å²) in [4.78, 5) is 25.2. The number of piperazine rings is 1. The number of nitrogens with one attached hydrogen (secondary N) is 1. The molecule has 20 heavy (non-hydrogen) atoms. The summed E-state index contributed by atoms with van der Waals surface area (Å²) < 4.78 is 5.57. The third-order valence-electron chi connectivity index (χ3n) is 3.50. The minimum atomic E-state index is -0.432. The minimum Gasteiger partial charge on any atom is -0.483 e. The van der Waals surface area contributed by atoms with Crippen LogP contribution in [0, 0.1) is 13.8 Å². The van der Waals surface area contributed by atoms with Crippen LogP contribution < -0.4 is 10.1 Å². The molecule has 5 heteroatoms. The highest BCUT2D eigenvalue weighted by Crippen LogP contribution is 2.18. The van der Waals surface area contributed by atoms with Gasteiger partial charge in [0.1, 0.15) is 11.8 Å². The van der Waals surface area contributed by atoms with Gasteiger partial charge in [-0.25, -0.2) is 0 Å². The first-order valence-corrected chi connectivity index (χ1v) is 6.76. The van der Waals surface area contributed by atoms with Crippen LogP contribution in [0.5, 0.6) is 5.75 Å². The lowest BCUT2D eigenvalue weighted by atomic mass is 10.1. The first-order valence-electron chi connectivity index (χ1n) is 6.76. The molecule has 1 aromatic rings. The summed E-state index contributed by atoms with van der Waals surface area (Å²) in [5, 5.41) is 2.73. The lowest BCUT2D eigenvalue weighted by molar-refractivity contribution is -0.143. The molecule has 2 rings (SSSR count). The van der Waals surface area contributed by atoms with Gasteiger partial charge in [0, 0.05) is 13.1 Å². The lowest BCUT2D eigenvalue weighted by Gasteiger charge is -2.32. The van der Waals surface area contributed by atoms with Gasteiger partial charge in [-0.1, -0.05) is 17.7 Å². The van der Waals surface area contributed by atoms with Gasteiger partial charge in [-0.15, -0.1) is 0 Å². The Morgan fingerprint density at radius 3 is 2.90 bits per heavy atom. The van der Waals surface area contributed by atoms with Gasteiger partial charge in [-0.05, 0) is 32.4 Å². The van der Waals surface area contributed by atoms with Gasteiger partial charge < -0.3 is 15.0 Å². The van der Waals surface area contributed by atoms with Crippen molar-refractivity contribution in [1.82, 2.24) is 10.2 Å². The molecule has 1 fully saturated rings. The normalized spacial score (nSPS) is 18.6. The average molecular weight is 276 g/mol. The number of carbonyl (C=O) groups is 2. The molecular formula is C15H20N2O3. The fraction of sp³-hybridized carbons (Fsp3) is 0.467. The Morgan fingerprint density at radius 1 is 1.45 bits per heavy atom. The molecule has 1 aliphatic heterocycles. The van der Waals surface area contributed by atoms with Crippen molar-refractivity contribution in [2.45, 2.75) is 26.8 Å². The number of ether oxygens (including phenoxy) is 1. The van der Waals surface area contributed by atoms with Crippen molar-refractivity contribution in [3.05, 3.63) is 29.3 Å². The monoisotopic (exact) mass is 276 g/mol. The average Bonchev–Trinajstić information content (AvgIpc) is 2.40. The van der Waals surface area contributed by atoms with Crippen molar-refractivity contribution in [2.24, 2.45) is 0 Å². The summed E-state index contributed by atoms with van der Waals surface area (Å²) in [5.41, 5.74) is 2.16. The number of rotatable bonds is 3. The smallest absolute Gasteiger partial charge is 0.261 e. The number of hydrogen-bond acceptors (Lipinski definition) is 3. The van der Waals surface area contributed by atoms with Crippen LogP contribution in [0.4, 0.5) is 0 Å². The van der Waals surface area contributed by atoms with E-state index in [1.165, 1.54) is 0 Å². The topological polar surface area (TPSA) is 58.6 Å². The Kier molecular flexibility index (Phi) is 4.27. The van der Waals surface area contributed by atoms with Crippen molar-refractivity contribution >= 4 is 11.8 Å². The summed E-state index contributed by atoms with van der Waals surface area (Å²) in [6.07, 6.45) is 0. The highest BCUT2D eigenvalue weighted by molar-refractivity contribution is 5.89. The van der Waals surface area contributed by atoms with Crippen molar-refractivity contribution in [2.75, 3.05) is 19.7 Å². The van der Waals surface area contributed by atoms with E-state index in [1.54, 1.807) is 11.8 Å². The van der Waals surface area contributed by atoms with Crippen LogP contribution >= 0.6 is 0 Å². The Labute approximate surface area is 118 Å². The first kappa shape index (κ1) is 14.4. The molecule has 0 saturated carbocycles. The van der Waals surface area contributed by atoms with E-state index in [1.807, 2.05) is 32.0 Å². The summed E-state index contributed by atoms with van der Waals surface area (Å²) in [6, 6.07) is 5.39. The second kappa shape index (κ2) is 5.94. The summed E-state index contributed by atoms with van der Waals surface area (Å²) in [7, 11) is 0. The number of hydrogen-bond donors (Lipinski definition) is 1. The largest absolute Gasteiger partial charge is 0.483 e. The molecule has 2 amide bonds. The third-order valence-corrected chi connectivity index (χ3v) is 3.50. The highest BCUT2D eigenvalue weighted by Gasteiger charge is 2.29. The van der Waals surface area contributed by atoms with Crippen LogP contribution in [-0.2, 0) is 9.59 Å². The molecule has 108 valence electrons. The molecule has 1 heterocycles. The van der Waals surface area contributed by atoms with E-state index >= 15 is 0 Å². The molecule has 0 bridgehead atoms. The van der Waals surface area contributed by atoms with E-state index < -0.39 is 6.04 Å². The first-order chi connectivity index (χ1) is 9.49. The number of amides is 2. The quantitative estimate of drug-likeness (QED) is 0.897. The Morgan fingerprint density at radius 2 is 2.20 bits per heavy atom. The van der Waals surface area contributed by atoms with Gasteiger partial charge in [0.25, 0.3) is 5.91 Å². The maximum atomic E-state index is 12.1. The summed E-state index contributed by atoms with van der Waals surface area (Å²) in [5.74, 6) is 0.432. The predicted molar refractivity (Wildman–Crippen MR) is 75.6 cm³/mol. The molecule has 1 aromatic carbocycles. The van der Waals surface area contributed by atoms with Crippen LogP contribution in [0.1, 0.15) is 18.1 Å². The predicted octanol–water partition coefficient (Wildman–Crippen LogP) is 1.03. The second-order valence-electron chi connectivity index (χ2n) is 5.11. The molecule has 1 aliphatic rings. The zero-order chi connectivity index (χ0) is 14.7. The number of aryl methyl sites for hydroxylation is 2. The fourth-order valence-corrected chi connectivity index (χ4v) is 2.31. The van der Waals surface area contributed by atoms with E-state index in [9.17, 15) is 9.59 Å².